The molecular formula is C18H20N6O2. The average Bonchev–Trinajstić information content (AvgIpc) is 3.27. The van der Waals surface area contributed by atoms with Crippen molar-refractivity contribution in [3.8, 4) is 0 Å². The number of aromatic nitrogens is 4. The first-order valence-electron chi connectivity index (χ1n) is 8.65. The molecule has 3 N–H and O–H groups in total. The molecule has 1 fully saturated rings. The lowest BCUT2D eigenvalue weighted by atomic mass is 9.95. The molecule has 8 nitrogen and oxygen atoms in total. The molecule has 1 aliphatic heterocycles. The molecule has 3 aromatic rings. The molecule has 2 aromatic heterocycles. The Kier molecular flexibility index (Phi) is 4.16. The molecule has 0 unspecified atom stereocenters. The monoisotopic (exact) mass is 352 g/mol. The highest BCUT2D eigenvalue weighted by Crippen LogP contribution is 2.28. The number of nitrogens with one attached hydrogen (secondary N) is 1. The number of piperidine rings is 1. The van der Waals surface area contributed by atoms with E-state index >= 15 is 0 Å². The van der Waals surface area contributed by atoms with Gasteiger partial charge in [-0.2, -0.15) is 5.10 Å². The normalized spacial score (nSPS) is 15.5. The van der Waals surface area contributed by atoms with Crippen LogP contribution >= 0.6 is 0 Å². The van der Waals surface area contributed by atoms with Crippen molar-refractivity contribution in [3.63, 3.8) is 0 Å². The maximum absolute atomic E-state index is 12.8. The fourth-order valence-electron chi connectivity index (χ4n) is 3.60. The molecule has 3 heterocycles. The maximum atomic E-state index is 12.8. The minimum atomic E-state index is -0.387. The third kappa shape index (κ3) is 2.94. The molecule has 2 amide bonds. The third-order valence-corrected chi connectivity index (χ3v) is 4.89. The molecule has 0 aliphatic carbocycles. The van der Waals surface area contributed by atoms with E-state index in [1.54, 1.807) is 17.0 Å². The van der Waals surface area contributed by atoms with Crippen LogP contribution in [0.25, 0.3) is 10.9 Å². The van der Waals surface area contributed by atoms with Crippen molar-refractivity contribution < 1.29 is 9.59 Å². The quantitative estimate of drug-likeness (QED) is 0.736. The van der Waals surface area contributed by atoms with E-state index in [2.05, 4.69) is 15.2 Å². The Morgan fingerprint density at radius 3 is 2.77 bits per heavy atom. The molecule has 1 aromatic carbocycles. The summed E-state index contributed by atoms with van der Waals surface area (Å²) in [7, 11) is 0. The molecule has 134 valence electrons. The first-order valence-corrected chi connectivity index (χ1v) is 8.65. The summed E-state index contributed by atoms with van der Waals surface area (Å²) < 4.78 is 1.80. The van der Waals surface area contributed by atoms with Crippen LogP contribution in [0.1, 0.15) is 35.1 Å². The van der Waals surface area contributed by atoms with Crippen LogP contribution in [-0.4, -0.2) is 49.6 Å². The van der Waals surface area contributed by atoms with Crippen LogP contribution < -0.4 is 5.73 Å². The first kappa shape index (κ1) is 16.3. The molecule has 0 radical (unpaired) electrons. The number of benzene rings is 1. The lowest BCUT2D eigenvalue weighted by Gasteiger charge is -2.31. The minimum absolute atomic E-state index is 0.0543. The van der Waals surface area contributed by atoms with Gasteiger partial charge >= 0.3 is 0 Å². The summed E-state index contributed by atoms with van der Waals surface area (Å²) in [6.07, 6.45) is 5.05. The number of hydrogen-bond donors (Lipinski definition) is 2. The van der Waals surface area contributed by atoms with Gasteiger partial charge in [-0.1, -0.05) is 18.2 Å². The number of likely N-dealkylation sites (tertiary alicyclic amines) is 1. The second kappa shape index (κ2) is 6.62. The van der Waals surface area contributed by atoms with E-state index in [0.29, 0.717) is 18.8 Å². The largest absolute Gasteiger partial charge is 0.368 e. The predicted octanol–water partition coefficient (Wildman–Crippen LogP) is 1.26. The van der Waals surface area contributed by atoms with Gasteiger partial charge in [-0.05, 0) is 18.9 Å². The number of para-hydroxylation sites is 1. The number of primary amides is 1. The highest BCUT2D eigenvalue weighted by molar-refractivity contribution is 6.04. The molecule has 0 bridgehead atoms. The van der Waals surface area contributed by atoms with Crippen LogP contribution in [0.3, 0.4) is 0 Å². The summed E-state index contributed by atoms with van der Waals surface area (Å²) in [4.78, 5) is 30.3. The molecular weight excluding hydrogens is 332 g/mol. The SMILES string of the molecule is NC(=O)Cn1ccnc1C1CCN(C(=O)c2n[nH]c3ccccc23)CC1. The van der Waals surface area contributed by atoms with Gasteiger partial charge < -0.3 is 15.2 Å². The lowest BCUT2D eigenvalue weighted by molar-refractivity contribution is -0.118. The molecule has 4 rings (SSSR count). The number of carbonyl (C=O) groups is 2. The molecule has 0 spiro atoms. The van der Waals surface area contributed by atoms with Crippen LogP contribution in [0.15, 0.2) is 36.7 Å². The second-order valence-corrected chi connectivity index (χ2v) is 6.56. The number of amides is 2. The highest BCUT2D eigenvalue weighted by Gasteiger charge is 2.28. The van der Waals surface area contributed by atoms with Crippen LogP contribution in [-0.2, 0) is 11.3 Å². The van der Waals surface area contributed by atoms with Crippen molar-refractivity contribution in [3.05, 3.63) is 48.2 Å². The standard InChI is InChI=1S/C18H20N6O2/c19-15(25)11-24-10-7-20-17(24)12-5-8-23(9-6-12)18(26)16-13-3-1-2-4-14(13)21-22-16/h1-4,7,10,12H,5-6,8-9,11H2,(H2,19,25)(H,21,22). The minimum Gasteiger partial charge on any atom is -0.368 e. The van der Waals surface area contributed by atoms with Gasteiger partial charge in [0.15, 0.2) is 5.69 Å². The van der Waals surface area contributed by atoms with Gasteiger partial charge in [-0.15, -0.1) is 0 Å². The Hall–Kier alpha value is -3.16. The summed E-state index contributed by atoms with van der Waals surface area (Å²) in [5, 5.41) is 7.96. The molecule has 8 heteroatoms. The molecule has 26 heavy (non-hydrogen) atoms. The van der Waals surface area contributed by atoms with Crippen molar-refractivity contribution in [2.45, 2.75) is 25.3 Å². The summed E-state index contributed by atoms with van der Waals surface area (Å²) in [5.74, 6) is 0.633. The van der Waals surface area contributed by atoms with Crippen LogP contribution in [0.2, 0.25) is 0 Å². The zero-order valence-electron chi connectivity index (χ0n) is 14.3. The zero-order valence-corrected chi connectivity index (χ0v) is 14.3. The molecule has 1 saturated heterocycles. The topological polar surface area (TPSA) is 110 Å². The van der Waals surface area contributed by atoms with Gasteiger partial charge in [0.25, 0.3) is 5.91 Å². The fourth-order valence-corrected chi connectivity index (χ4v) is 3.60. The number of nitrogens with zero attached hydrogens (tertiary/aromatic N) is 4. The summed E-state index contributed by atoms with van der Waals surface area (Å²) in [6, 6.07) is 7.62. The number of nitrogens with two attached hydrogens (primary N) is 1. The Morgan fingerprint density at radius 1 is 1.23 bits per heavy atom. The Balaban J connectivity index is 1.46. The molecule has 0 saturated carbocycles. The number of imidazole rings is 1. The Bertz CT molecular complexity index is 951. The van der Waals surface area contributed by atoms with Crippen molar-refractivity contribution in [2.24, 2.45) is 5.73 Å². The van der Waals surface area contributed by atoms with E-state index in [4.69, 9.17) is 5.73 Å². The Labute approximate surface area is 150 Å². The Morgan fingerprint density at radius 2 is 2.00 bits per heavy atom. The van der Waals surface area contributed by atoms with E-state index < -0.39 is 0 Å². The van der Waals surface area contributed by atoms with Gasteiger partial charge in [0, 0.05) is 36.8 Å². The summed E-state index contributed by atoms with van der Waals surface area (Å²) in [5.41, 5.74) is 6.62. The smallest absolute Gasteiger partial charge is 0.274 e. The number of aromatic amines is 1. The average molecular weight is 352 g/mol. The van der Waals surface area contributed by atoms with Crippen molar-refractivity contribution in [1.29, 1.82) is 0 Å². The number of H-pyrrole nitrogens is 1. The molecule has 1 aliphatic rings. The van der Waals surface area contributed by atoms with Crippen LogP contribution in [0, 0.1) is 0 Å². The number of rotatable bonds is 4. The number of carbonyl (C=O) groups excluding carboxylic acids is 2. The van der Waals surface area contributed by atoms with Gasteiger partial charge in [-0.3, -0.25) is 14.7 Å². The van der Waals surface area contributed by atoms with Crippen LogP contribution in [0.5, 0.6) is 0 Å². The van der Waals surface area contributed by atoms with Crippen LogP contribution in [0.4, 0.5) is 0 Å². The van der Waals surface area contributed by atoms with E-state index in [1.807, 2.05) is 29.2 Å². The first-order chi connectivity index (χ1) is 12.6. The van der Waals surface area contributed by atoms with E-state index in [1.165, 1.54) is 0 Å². The fraction of sp³-hybridized carbons (Fsp3) is 0.333. The van der Waals surface area contributed by atoms with Gasteiger partial charge in [-0.25, -0.2) is 4.98 Å². The maximum Gasteiger partial charge on any atom is 0.274 e. The third-order valence-electron chi connectivity index (χ3n) is 4.89. The van der Waals surface area contributed by atoms with Gasteiger partial charge in [0.2, 0.25) is 5.91 Å². The highest BCUT2D eigenvalue weighted by atomic mass is 16.2. The predicted molar refractivity (Wildman–Crippen MR) is 95.4 cm³/mol. The van der Waals surface area contributed by atoms with Crippen molar-refractivity contribution in [1.82, 2.24) is 24.6 Å². The number of fused-ring (bicyclic) bond motifs is 1. The number of hydrogen-bond acceptors (Lipinski definition) is 4. The van der Waals surface area contributed by atoms with Gasteiger partial charge in [0.05, 0.1) is 5.52 Å². The van der Waals surface area contributed by atoms with Crippen molar-refractivity contribution >= 4 is 22.7 Å². The summed E-state index contributed by atoms with van der Waals surface area (Å²) in [6.45, 7) is 1.40. The summed E-state index contributed by atoms with van der Waals surface area (Å²) >= 11 is 0. The van der Waals surface area contributed by atoms with Crippen molar-refractivity contribution in [2.75, 3.05) is 13.1 Å². The van der Waals surface area contributed by atoms with Gasteiger partial charge in [0.1, 0.15) is 12.4 Å². The lowest BCUT2D eigenvalue weighted by Crippen LogP contribution is -2.38. The van der Waals surface area contributed by atoms with E-state index in [0.717, 1.165) is 29.6 Å². The van der Waals surface area contributed by atoms with E-state index in [9.17, 15) is 9.59 Å². The molecule has 0 atom stereocenters. The van der Waals surface area contributed by atoms with E-state index in [-0.39, 0.29) is 24.3 Å². The zero-order chi connectivity index (χ0) is 18.1. The second-order valence-electron chi connectivity index (χ2n) is 6.56.